The summed E-state index contributed by atoms with van der Waals surface area (Å²) in [5.41, 5.74) is 9.10. The van der Waals surface area contributed by atoms with Crippen molar-refractivity contribution in [2.24, 2.45) is 0 Å². The van der Waals surface area contributed by atoms with Crippen molar-refractivity contribution in [2.75, 3.05) is 17.7 Å². The number of ether oxygens (including phenoxy) is 1. The largest absolute Gasteiger partial charge is 0.479 e. The molecule has 1 amide bonds. The van der Waals surface area contributed by atoms with E-state index in [1.165, 1.54) is 16.2 Å². The number of nitrogen functional groups attached to an aromatic ring is 1. The molecule has 25 heavy (non-hydrogen) atoms. The average Bonchev–Trinajstić information content (AvgIpc) is 2.94. The van der Waals surface area contributed by atoms with Gasteiger partial charge in [-0.2, -0.15) is 0 Å². The number of ketones is 1. The number of likely N-dealkylation sites (N-methyl/N-ethyl adjacent to an activating group) is 1. The first-order valence-electron chi connectivity index (χ1n) is 8.50. The van der Waals surface area contributed by atoms with E-state index in [2.05, 4.69) is 0 Å². The predicted octanol–water partition coefficient (Wildman–Crippen LogP) is 3.18. The summed E-state index contributed by atoms with van der Waals surface area (Å²) in [6.45, 7) is 1.72. The highest BCUT2D eigenvalue weighted by atomic mass is 32.1. The van der Waals surface area contributed by atoms with E-state index in [1.807, 2.05) is 0 Å². The highest BCUT2D eigenvalue weighted by Crippen LogP contribution is 2.39. The van der Waals surface area contributed by atoms with E-state index in [9.17, 15) is 9.59 Å². The first-order chi connectivity index (χ1) is 12.0. The van der Waals surface area contributed by atoms with Crippen LogP contribution in [0.4, 0.5) is 10.7 Å². The molecule has 6 heteroatoms. The van der Waals surface area contributed by atoms with Crippen LogP contribution in [0.25, 0.3) is 0 Å². The number of carbonyl (C=O) groups excluding carboxylic acids is 2. The monoisotopic (exact) mass is 356 g/mol. The lowest BCUT2D eigenvalue weighted by atomic mass is 9.91. The van der Waals surface area contributed by atoms with Crippen molar-refractivity contribution >= 4 is 33.7 Å². The van der Waals surface area contributed by atoms with Crippen molar-refractivity contribution in [1.82, 2.24) is 0 Å². The molecule has 1 aromatic heterocycles. The first-order valence-corrected chi connectivity index (χ1v) is 9.32. The maximum absolute atomic E-state index is 13.1. The van der Waals surface area contributed by atoms with Gasteiger partial charge in [-0.15, -0.1) is 11.3 Å². The molecule has 130 valence electrons. The summed E-state index contributed by atoms with van der Waals surface area (Å²) in [6, 6.07) is 5.24. The van der Waals surface area contributed by atoms with Crippen LogP contribution in [0, 0.1) is 0 Å². The third kappa shape index (κ3) is 2.52. The number of thiophene rings is 1. The molecule has 1 aliphatic carbocycles. The van der Waals surface area contributed by atoms with E-state index in [0.29, 0.717) is 27.6 Å². The Balaban J connectivity index is 1.75. The normalized spacial score (nSPS) is 19.2. The molecule has 0 bridgehead atoms. The molecule has 4 rings (SSSR count). The summed E-state index contributed by atoms with van der Waals surface area (Å²) in [4.78, 5) is 28.1. The molecule has 5 nitrogen and oxygen atoms in total. The molecule has 1 aromatic carbocycles. The Bertz CT molecular complexity index is 887. The maximum Gasteiger partial charge on any atom is 0.267 e. The fraction of sp³-hybridized carbons (Fsp3) is 0.368. The van der Waals surface area contributed by atoms with Crippen LogP contribution in [-0.2, 0) is 17.6 Å². The second-order valence-electron chi connectivity index (χ2n) is 6.62. The molecule has 0 spiro atoms. The predicted molar refractivity (Wildman–Crippen MR) is 98.7 cm³/mol. The van der Waals surface area contributed by atoms with Gasteiger partial charge in [0, 0.05) is 17.5 Å². The fourth-order valence-electron chi connectivity index (χ4n) is 3.63. The van der Waals surface area contributed by atoms with Gasteiger partial charge in [0.15, 0.2) is 11.9 Å². The van der Waals surface area contributed by atoms with Crippen molar-refractivity contribution in [3.8, 4) is 5.75 Å². The third-order valence-corrected chi connectivity index (χ3v) is 6.11. The SMILES string of the molecule is CC1Oc2ccc(C(=O)c3c(N)sc4c3CCCC4)cc2N(C)C1=O. The van der Waals surface area contributed by atoms with Gasteiger partial charge in [-0.05, 0) is 56.4 Å². The summed E-state index contributed by atoms with van der Waals surface area (Å²) in [5.74, 6) is 0.426. The second kappa shape index (κ2) is 5.88. The van der Waals surface area contributed by atoms with Crippen molar-refractivity contribution in [3.63, 3.8) is 0 Å². The summed E-state index contributed by atoms with van der Waals surface area (Å²) in [6.07, 6.45) is 3.65. The van der Waals surface area contributed by atoms with Crippen LogP contribution in [0.3, 0.4) is 0 Å². The Kier molecular flexibility index (Phi) is 3.80. The number of fused-ring (bicyclic) bond motifs is 2. The second-order valence-corrected chi connectivity index (χ2v) is 7.76. The molecule has 1 aliphatic heterocycles. The molecule has 0 saturated carbocycles. The quantitative estimate of drug-likeness (QED) is 0.839. The highest BCUT2D eigenvalue weighted by molar-refractivity contribution is 7.16. The molecule has 2 N–H and O–H groups in total. The minimum absolute atomic E-state index is 0.0702. The summed E-state index contributed by atoms with van der Waals surface area (Å²) >= 11 is 1.54. The van der Waals surface area contributed by atoms with Gasteiger partial charge in [0.1, 0.15) is 5.75 Å². The Morgan fingerprint density at radius 2 is 2.08 bits per heavy atom. The van der Waals surface area contributed by atoms with E-state index in [1.54, 1.807) is 37.1 Å². The van der Waals surface area contributed by atoms with Crippen molar-refractivity contribution < 1.29 is 14.3 Å². The van der Waals surface area contributed by atoms with Crippen LogP contribution in [0.2, 0.25) is 0 Å². The fourth-order valence-corrected chi connectivity index (χ4v) is 4.79. The number of anilines is 2. The van der Waals surface area contributed by atoms with E-state index < -0.39 is 6.10 Å². The van der Waals surface area contributed by atoms with Crippen molar-refractivity contribution in [3.05, 3.63) is 39.8 Å². The number of nitrogens with two attached hydrogens (primary N) is 1. The molecular formula is C19H20N2O3S. The number of hydrogen-bond donors (Lipinski definition) is 1. The molecule has 1 unspecified atom stereocenters. The topological polar surface area (TPSA) is 72.6 Å². The number of nitrogens with zero attached hydrogens (tertiary/aromatic N) is 1. The Hall–Kier alpha value is -2.34. The third-order valence-electron chi connectivity index (χ3n) is 4.99. The van der Waals surface area contributed by atoms with Crippen LogP contribution in [0.15, 0.2) is 18.2 Å². The number of carbonyl (C=O) groups is 2. The standard InChI is InChI=1S/C19H20N2O3S/c1-10-19(23)21(2)13-9-11(7-8-14(13)24-10)17(22)16-12-5-3-4-6-15(12)25-18(16)20/h7-10H,3-6,20H2,1-2H3. The van der Waals surface area contributed by atoms with Gasteiger partial charge in [0.2, 0.25) is 0 Å². The number of amides is 1. The van der Waals surface area contributed by atoms with Gasteiger partial charge in [-0.3, -0.25) is 9.59 Å². The van der Waals surface area contributed by atoms with Gasteiger partial charge < -0.3 is 15.4 Å². The Morgan fingerprint density at radius 1 is 1.32 bits per heavy atom. The van der Waals surface area contributed by atoms with Crippen LogP contribution in [0.5, 0.6) is 5.75 Å². The minimum atomic E-state index is -0.515. The molecule has 2 aromatic rings. The van der Waals surface area contributed by atoms with Crippen molar-refractivity contribution in [2.45, 2.75) is 38.7 Å². The van der Waals surface area contributed by atoms with Crippen LogP contribution in [-0.4, -0.2) is 24.8 Å². The maximum atomic E-state index is 13.1. The molecule has 0 fully saturated rings. The zero-order valence-corrected chi connectivity index (χ0v) is 15.1. The lowest BCUT2D eigenvalue weighted by molar-refractivity contribution is -0.125. The lowest BCUT2D eigenvalue weighted by Gasteiger charge is -2.30. The van der Waals surface area contributed by atoms with Gasteiger partial charge in [0.25, 0.3) is 5.91 Å². The van der Waals surface area contributed by atoms with E-state index in [-0.39, 0.29) is 11.7 Å². The zero-order chi connectivity index (χ0) is 17.7. The van der Waals surface area contributed by atoms with Gasteiger partial charge in [-0.25, -0.2) is 0 Å². The molecular weight excluding hydrogens is 336 g/mol. The first kappa shape index (κ1) is 16.1. The lowest BCUT2D eigenvalue weighted by Crippen LogP contribution is -2.42. The van der Waals surface area contributed by atoms with E-state index >= 15 is 0 Å². The number of rotatable bonds is 2. The Morgan fingerprint density at radius 3 is 2.88 bits per heavy atom. The van der Waals surface area contributed by atoms with Gasteiger partial charge in [-0.1, -0.05) is 0 Å². The molecule has 1 atom stereocenters. The Labute approximate surface area is 150 Å². The number of aryl methyl sites for hydroxylation is 1. The van der Waals surface area contributed by atoms with Gasteiger partial charge in [0.05, 0.1) is 16.3 Å². The van der Waals surface area contributed by atoms with Crippen molar-refractivity contribution in [1.29, 1.82) is 0 Å². The molecule has 2 aliphatic rings. The van der Waals surface area contributed by atoms with Crippen LogP contribution >= 0.6 is 11.3 Å². The van der Waals surface area contributed by atoms with E-state index in [0.717, 1.165) is 31.2 Å². The molecule has 0 saturated heterocycles. The summed E-state index contributed by atoms with van der Waals surface area (Å²) < 4.78 is 5.63. The van der Waals surface area contributed by atoms with E-state index in [4.69, 9.17) is 10.5 Å². The zero-order valence-electron chi connectivity index (χ0n) is 14.3. The summed E-state index contributed by atoms with van der Waals surface area (Å²) in [5, 5.41) is 0.601. The smallest absolute Gasteiger partial charge is 0.267 e. The highest BCUT2D eigenvalue weighted by Gasteiger charge is 2.31. The van der Waals surface area contributed by atoms with Crippen LogP contribution < -0.4 is 15.4 Å². The minimum Gasteiger partial charge on any atom is -0.479 e. The average molecular weight is 356 g/mol. The molecule has 0 radical (unpaired) electrons. The number of hydrogen-bond acceptors (Lipinski definition) is 5. The van der Waals surface area contributed by atoms with Crippen LogP contribution in [0.1, 0.15) is 46.1 Å². The number of benzene rings is 1. The molecule has 2 heterocycles. The summed E-state index contributed by atoms with van der Waals surface area (Å²) in [7, 11) is 1.70. The van der Waals surface area contributed by atoms with Gasteiger partial charge >= 0.3 is 0 Å².